The summed E-state index contributed by atoms with van der Waals surface area (Å²) in [5, 5.41) is 0. The van der Waals surface area contributed by atoms with Crippen molar-refractivity contribution in [3.8, 4) is 0 Å². The fraction of sp³-hybridized carbons (Fsp3) is 0.400. The molecule has 0 heterocycles. The highest BCUT2D eigenvalue weighted by Crippen LogP contribution is 2.38. The largest absolute Gasteiger partial charge is 0.395 e. The zero-order valence-corrected chi connectivity index (χ0v) is 7.91. The molecule has 1 aromatic carbocycles. The summed E-state index contributed by atoms with van der Waals surface area (Å²) in [6.45, 7) is 1.31. The van der Waals surface area contributed by atoms with Crippen LogP contribution in [0.2, 0.25) is 0 Å². The average Bonchev–Trinajstić information content (AvgIpc) is 2.07. The van der Waals surface area contributed by atoms with Crippen LogP contribution in [0.15, 0.2) is 18.2 Å². The number of benzene rings is 1. The molecule has 15 heavy (non-hydrogen) atoms. The summed E-state index contributed by atoms with van der Waals surface area (Å²) in [6.07, 6.45) is -4.78. The average molecular weight is 224 g/mol. The Hall–Kier alpha value is -1.13. The van der Waals surface area contributed by atoms with Gasteiger partial charge in [0.25, 0.3) is 0 Å². The third-order valence-electron chi connectivity index (χ3n) is 2.14. The zero-order chi connectivity index (χ0) is 11.6. The maximum atomic E-state index is 13.1. The molecule has 5 heteroatoms. The molecular formula is C10H9F5. The van der Waals surface area contributed by atoms with Gasteiger partial charge < -0.3 is 0 Å². The monoisotopic (exact) mass is 224 g/mol. The van der Waals surface area contributed by atoms with E-state index in [1.165, 1.54) is 6.92 Å². The van der Waals surface area contributed by atoms with E-state index in [0.29, 0.717) is 6.07 Å². The minimum Gasteiger partial charge on any atom is -0.207 e. The van der Waals surface area contributed by atoms with Gasteiger partial charge in [0.2, 0.25) is 0 Å². The summed E-state index contributed by atoms with van der Waals surface area (Å²) >= 11 is 0. The van der Waals surface area contributed by atoms with Crippen molar-refractivity contribution in [1.29, 1.82) is 0 Å². The van der Waals surface area contributed by atoms with Crippen LogP contribution in [0.4, 0.5) is 22.0 Å². The summed E-state index contributed by atoms with van der Waals surface area (Å²) in [5.74, 6) is -3.91. The second kappa shape index (κ2) is 4.16. The van der Waals surface area contributed by atoms with Gasteiger partial charge in [-0.05, 0) is 12.5 Å². The van der Waals surface area contributed by atoms with Crippen molar-refractivity contribution in [1.82, 2.24) is 0 Å². The van der Waals surface area contributed by atoms with E-state index in [9.17, 15) is 22.0 Å². The Morgan fingerprint density at radius 3 is 2.20 bits per heavy atom. The van der Waals surface area contributed by atoms with E-state index in [0.717, 1.165) is 12.1 Å². The summed E-state index contributed by atoms with van der Waals surface area (Å²) in [4.78, 5) is 0. The van der Waals surface area contributed by atoms with Gasteiger partial charge in [-0.25, -0.2) is 8.78 Å². The van der Waals surface area contributed by atoms with Crippen LogP contribution in [0, 0.1) is 11.6 Å². The van der Waals surface area contributed by atoms with Crippen molar-refractivity contribution in [3.05, 3.63) is 35.4 Å². The number of hydrogen-bond acceptors (Lipinski definition) is 0. The van der Waals surface area contributed by atoms with Crippen molar-refractivity contribution in [2.75, 3.05) is 0 Å². The lowest BCUT2D eigenvalue weighted by Gasteiger charge is -2.19. The summed E-state index contributed by atoms with van der Waals surface area (Å²) in [5.41, 5.74) is -0.508. The molecule has 1 aromatic rings. The van der Waals surface area contributed by atoms with E-state index in [1.807, 2.05) is 0 Å². The van der Waals surface area contributed by atoms with E-state index >= 15 is 0 Å². The molecule has 1 atom stereocenters. The van der Waals surface area contributed by atoms with Gasteiger partial charge in [-0.1, -0.05) is 13.0 Å². The van der Waals surface area contributed by atoms with Crippen molar-refractivity contribution in [2.24, 2.45) is 0 Å². The molecule has 84 valence electrons. The van der Waals surface area contributed by atoms with Crippen molar-refractivity contribution >= 4 is 0 Å². The Kier molecular flexibility index (Phi) is 3.31. The van der Waals surface area contributed by atoms with Gasteiger partial charge in [0.05, 0.1) is 5.92 Å². The van der Waals surface area contributed by atoms with Crippen LogP contribution < -0.4 is 0 Å². The highest BCUT2D eigenvalue weighted by Gasteiger charge is 2.40. The zero-order valence-electron chi connectivity index (χ0n) is 7.91. The molecule has 0 aliphatic heterocycles. The van der Waals surface area contributed by atoms with E-state index in [4.69, 9.17) is 0 Å². The van der Waals surface area contributed by atoms with Crippen LogP contribution in [0.1, 0.15) is 24.8 Å². The SMILES string of the molecule is CCC(c1ccc(F)cc1F)C(F)(F)F. The fourth-order valence-corrected chi connectivity index (χ4v) is 1.41. The lowest BCUT2D eigenvalue weighted by Crippen LogP contribution is -2.21. The molecule has 0 spiro atoms. The van der Waals surface area contributed by atoms with Gasteiger partial charge in [-0.15, -0.1) is 0 Å². The molecule has 0 bridgehead atoms. The van der Waals surface area contributed by atoms with Crippen molar-refractivity contribution in [2.45, 2.75) is 25.4 Å². The third-order valence-corrected chi connectivity index (χ3v) is 2.14. The second-order valence-electron chi connectivity index (χ2n) is 3.17. The topological polar surface area (TPSA) is 0 Å². The minimum atomic E-state index is -4.51. The molecule has 0 saturated heterocycles. The molecule has 0 radical (unpaired) electrons. The smallest absolute Gasteiger partial charge is 0.207 e. The Morgan fingerprint density at radius 2 is 1.80 bits per heavy atom. The molecular weight excluding hydrogens is 215 g/mol. The first kappa shape index (κ1) is 11.9. The van der Waals surface area contributed by atoms with Crippen LogP contribution >= 0.6 is 0 Å². The lowest BCUT2D eigenvalue weighted by atomic mass is 9.95. The Morgan fingerprint density at radius 1 is 1.20 bits per heavy atom. The van der Waals surface area contributed by atoms with Crippen LogP contribution in [-0.4, -0.2) is 6.18 Å². The number of hydrogen-bond donors (Lipinski definition) is 0. The van der Waals surface area contributed by atoms with E-state index in [1.54, 1.807) is 0 Å². The minimum absolute atomic E-state index is 0.272. The van der Waals surface area contributed by atoms with Crippen LogP contribution in [0.25, 0.3) is 0 Å². The lowest BCUT2D eigenvalue weighted by molar-refractivity contribution is -0.151. The van der Waals surface area contributed by atoms with E-state index in [2.05, 4.69) is 0 Å². The molecule has 0 amide bonds. The van der Waals surface area contributed by atoms with Gasteiger partial charge in [-0.3, -0.25) is 0 Å². The quantitative estimate of drug-likeness (QED) is 0.665. The Labute approximate surface area is 83.7 Å². The Balaban J connectivity index is 3.13. The molecule has 0 saturated carbocycles. The van der Waals surface area contributed by atoms with E-state index in [-0.39, 0.29) is 6.42 Å². The number of rotatable bonds is 2. The first-order chi connectivity index (χ1) is 6.86. The Bertz CT molecular complexity index is 342. The van der Waals surface area contributed by atoms with Crippen molar-refractivity contribution < 1.29 is 22.0 Å². The van der Waals surface area contributed by atoms with Crippen LogP contribution in [0.5, 0.6) is 0 Å². The number of alkyl halides is 3. The highest BCUT2D eigenvalue weighted by atomic mass is 19.4. The first-order valence-electron chi connectivity index (χ1n) is 4.38. The molecule has 0 aliphatic rings. The third kappa shape index (κ3) is 2.67. The predicted octanol–water partition coefficient (Wildman–Crippen LogP) is 4.02. The van der Waals surface area contributed by atoms with Gasteiger partial charge >= 0.3 is 6.18 Å². The molecule has 0 fully saturated rings. The van der Waals surface area contributed by atoms with Gasteiger partial charge in [0, 0.05) is 11.6 Å². The van der Waals surface area contributed by atoms with E-state index < -0.39 is 29.3 Å². The van der Waals surface area contributed by atoms with Crippen LogP contribution in [-0.2, 0) is 0 Å². The van der Waals surface area contributed by atoms with Gasteiger partial charge in [0.15, 0.2) is 0 Å². The van der Waals surface area contributed by atoms with Crippen LogP contribution in [0.3, 0.4) is 0 Å². The molecule has 0 nitrogen and oxygen atoms in total. The highest BCUT2D eigenvalue weighted by molar-refractivity contribution is 5.23. The normalized spacial score (nSPS) is 14.0. The standard InChI is InChI=1S/C10H9F5/c1-2-8(10(13,14)15)7-4-3-6(11)5-9(7)12/h3-5,8H,2H2,1H3. The molecule has 0 aliphatic carbocycles. The van der Waals surface area contributed by atoms with Crippen molar-refractivity contribution in [3.63, 3.8) is 0 Å². The maximum Gasteiger partial charge on any atom is 0.395 e. The summed E-state index contributed by atoms with van der Waals surface area (Å²) < 4.78 is 62.8. The summed E-state index contributed by atoms with van der Waals surface area (Å²) in [6, 6.07) is 2.13. The predicted molar refractivity (Wildman–Crippen MR) is 45.4 cm³/mol. The number of halogens is 5. The van der Waals surface area contributed by atoms with Gasteiger partial charge in [-0.2, -0.15) is 13.2 Å². The fourth-order valence-electron chi connectivity index (χ4n) is 1.41. The summed E-state index contributed by atoms with van der Waals surface area (Å²) in [7, 11) is 0. The van der Waals surface area contributed by atoms with Gasteiger partial charge in [0.1, 0.15) is 11.6 Å². The molecule has 0 N–H and O–H groups in total. The molecule has 1 rings (SSSR count). The second-order valence-corrected chi connectivity index (χ2v) is 3.17. The molecule has 1 unspecified atom stereocenters. The first-order valence-corrected chi connectivity index (χ1v) is 4.38. The maximum absolute atomic E-state index is 13.1. The molecule has 0 aromatic heterocycles.